The van der Waals surface area contributed by atoms with Crippen molar-refractivity contribution in [1.82, 2.24) is 0 Å². The molecule has 0 heterocycles. The second-order valence-electron chi connectivity index (χ2n) is 3.81. The summed E-state index contributed by atoms with van der Waals surface area (Å²) in [4.78, 5) is 0.00130. The van der Waals surface area contributed by atoms with Gasteiger partial charge in [0.15, 0.2) is 0 Å². The molecule has 0 amide bonds. The molecule has 0 saturated heterocycles. The predicted octanol–water partition coefficient (Wildman–Crippen LogP) is 5.32. The molecule has 0 spiro atoms. The van der Waals surface area contributed by atoms with Gasteiger partial charge in [0.25, 0.3) is 10.0 Å². The topological polar surface area (TPSA) is 46.2 Å². The zero-order chi connectivity index (χ0) is 14.9. The van der Waals surface area contributed by atoms with E-state index in [0.717, 1.165) is 0 Å². The van der Waals surface area contributed by atoms with E-state index in [1.807, 2.05) is 0 Å². The minimum Gasteiger partial charge on any atom is -0.280 e. The molecule has 20 heavy (non-hydrogen) atoms. The Morgan fingerprint density at radius 2 is 1.65 bits per heavy atom. The summed E-state index contributed by atoms with van der Waals surface area (Å²) in [5.41, 5.74) is 0.359. The molecular weight excluding hydrogens is 453 g/mol. The fraction of sp³-hybridized carbons (Fsp3) is 0. The van der Waals surface area contributed by atoms with Crippen molar-refractivity contribution in [3.63, 3.8) is 0 Å². The monoisotopic (exact) mass is 457 g/mol. The number of benzene rings is 2. The maximum absolute atomic E-state index is 12.3. The molecule has 8 heteroatoms. The number of rotatable bonds is 3. The molecule has 2 rings (SSSR count). The number of sulfonamides is 1. The van der Waals surface area contributed by atoms with Crippen molar-refractivity contribution in [3.05, 3.63) is 55.4 Å². The van der Waals surface area contributed by atoms with Gasteiger partial charge < -0.3 is 0 Å². The Hall–Kier alpha value is -0.270. The molecule has 0 aliphatic rings. The van der Waals surface area contributed by atoms with Crippen LogP contribution in [-0.2, 0) is 10.0 Å². The quantitative estimate of drug-likeness (QED) is 0.675. The molecule has 1 N–H and O–H groups in total. The van der Waals surface area contributed by atoms with Gasteiger partial charge in [-0.15, -0.1) is 0 Å². The van der Waals surface area contributed by atoms with Gasteiger partial charge in [0, 0.05) is 8.95 Å². The highest BCUT2D eigenvalue weighted by atomic mass is 79.9. The van der Waals surface area contributed by atoms with Crippen LogP contribution in [0.25, 0.3) is 0 Å². The smallest absolute Gasteiger partial charge is 0.263 e. The lowest BCUT2D eigenvalue weighted by Gasteiger charge is -2.10. The van der Waals surface area contributed by atoms with Crippen LogP contribution in [0.2, 0.25) is 10.0 Å². The van der Waals surface area contributed by atoms with E-state index in [2.05, 4.69) is 36.6 Å². The normalized spacial score (nSPS) is 11.4. The Labute approximate surface area is 143 Å². The average molecular weight is 460 g/mol. The molecule has 0 aromatic heterocycles. The molecule has 0 radical (unpaired) electrons. The van der Waals surface area contributed by atoms with Crippen LogP contribution >= 0.6 is 55.1 Å². The van der Waals surface area contributed by atoms with Crippen molar-refractivity contribution in [2.45, 2.75) is 4.90 Å². The van der Waals surface area contributed by atoms with Crippen molar-refractivity contribution >= 4 is 70.8 Å². The van der Waals surface area contributed by atoms with Crippen molar-refractivity contribution < 1.29 is 8.42 Å². The standard InChI is InChI=1S/C12H7Br2Cl2NO2S/c13-7-1-4-12(11(16)5-7)20(18,19)17-8-2-3-9(14)10(15)6-8/h1-6,17H. The first-order valence-corrected chi connectivity index (χ1v) is 9.05. The Bertz CT molecular complexity index is 766. The van der Waals surface area contributed by atoms with Crippen LogP contribution in [0.4, 0.5) is 5.69 Å². The van der Waals surface area contributed by atoms with Gasteiger partial charge in [0.2, 0.25) is 0 Å². The van der Waals surface area contributed by atoms with E-state index in [1.54, 1.807) is 18.2 Å². The Morgan fingerprint density at radius 1 is 0.950 bits per heavy atom. The lowest BCUT2D eigenvalue weighted by molar-refractivity contribution is 0.601. The fourth-order valence-electron chi connectivity index (χ4n) is 1.46. The van der Waals surface area contributed by atoms with Gasteiger partial charge in [-0.05, 0) is 52.3 Å². The van der Waals surface area contributed by atoms with Crippen molar-refractivity contribution in [1.29, 1.82) is 0 Å². The molecule has 2 aromatic carbocycles. The number of hydrogen-bond donors (Lipinski definition) is 1. The van der Waals surface area contributed by atoms with Gasteiger partial charge in [-0.3, -0.25) is 4.72 Å². The van der Waals surface area contributed by atoms with Gasteiger partial charge in [-0.25, -0.2) is 8.42 Å². The molecule has 0 fully saturated rings. The molecule has 106 valence electrons. The van der Waals surface area contributed by atoms with E-state index >= 15 is 0 Å². The van der Waals surface area contributed by atoms with E-state index in [1.165, 1.54) is 18.2 Å². The van der Waals surface area contributed by atoms with Crippen LogP contribution in [-0.4, -0.2) is 8.42 Å². The fourth-order valence-corrected chi connectivity index (χ4v) is 3.98. The maximum atomic E-state index is 12.3. The first kappa shape index (κ1) is 16.1. The van der Waals surface area contributed by atoms with E-state index in [-0.39, 0.29) is 9.92 Å². The Kier molecular flexibility index (Phi) is 5.02. The van der Waals surface area contributed by atoms with Crippen LogP contribution in [0.3, 0.4) is 0 Å². The minimum absolute atomic E-state index is 0.00130. The molecule has 0 bridgehead atoms. The summed E-state index contributed by atoms with van der Waals surface area (Å²) in [6.45, 7) is 0. The summed E-state index contributed by atoms with van der Waals surface area (Å²) in [6.07, 6.45) is 0. The van der Waals surface area contributed by atoms with Crippen molar-refractivity contribution in [3.8, 4) is 0 Å². The molecular formula is C12H7Br2Cl2NO2S. The van der Waals surface area contributed by atoms with Crippen LogP contribution in [0.1, 0.15) is 0 Å². The number of hydrogen-bond acceptors (Lipinski definition) is 2. The zero-order valence-corrected chi connectivity index (χ0v) is 15.2. The second-order valence-corrected chi connectivity index (χ2v) is 8.04. The summed E-state index contributed by atoms with van der Waals surface area (Å²) in [7, 11) is -3.77. The Morgan fingerprint density at radius 3 is 2.25 bits per heavy atom. The van der Waals surface area contributed by atoms with E-state index < -0.39 is 10.0 Å². The highest BCUT2D eigenvalue weighted by Crippen LogP contribution is 2.29. The van der Waals surface area contributed by atoms with Crippen LogP contribution < -0.4 is 4.72 Å². The summed E-state index contributed by atoms with van der Waals surface area (Å²) in [6, 6.07) is 9.31. The number of nitrogens with one attached hydrogen (secondary N) is 1. The van der Waals surface area contributed by atoms with E-state index in [9.17, 15) is 8.42 Å². The zero-order valence-electron chi connectivity index (χ0n) is 9.70. The second kappa shape index (κ2) is 6.23. The molecule has 0 unspecified atom stereocenters. The average Bonchev–Trinajstić information content (AvgIpc) is 2.33. The van der Waals surface area contributed by atoms with Crippen molar-refractivity contribution in [2.24, 2.45) is 0 Å². The summed E-state index contributed by atoms with van der Waals surface area (Å²) < 4.78 is 28.3. The molecule has 0 aliphatic carbocycles. The largest absolute Gasteiger partial charge is 0.280 e. The van der Waals surface area contributed by atoms with Crippen LogP contribution in [0, 0.1) is 0 Å². The predicted molar refractivity (Wildman–Crippen MR) is 89.1 cm³/mol. The van der Waals surface area contributed by atoms with Gasteiger partial charge in [-0.1, -0.05) is 39.1 Å². The molecule has 2 aromatic rings. The first-order chi connectivity index (χ1) is 9.29. The summed E-state index contributed by atoms with van der Waals surface area (Å²) >= 11 is 18.3. The SMILES string of the molecule is O=S(=O)(Nc1ccc(Br)c(Cl)c1)c1ccc(Br)cc1Cl. The lowest BCUT2D eigenvalue weighted by Crippen LogP contribution is -2.13. The third-order valence-corrected chi connectivity index (χ3v) is 5.95. The van der Waals surface area contributed by atoms with E-state index in [0.29, 0.717) is 19.7 Å². The maximum Gasteiger partial charge on any atom is 0.263 e. The van der Waals surface area contributed by atoms with Crippen LogP contribution in [0.5, 0.6) is 0 Å². The minimum atomic E-state index is -3.77. The highest BCUT2D eigenvalue weighted by Gasteiger charge is 2.18. The van der Waals surface area contributed by atoms with Gasteiger partial charge >= 0.3 is 0 Å². The van der Waals surface area contributed by atoms with Gasteiger partial charge in [0.05, 0.1) is 15.7 Å². The van der Waals surface area contributed by atoms with E-state index in [4.69, 9.17) is 23.2 Å². The Balaban J connectivity index is 2.38. The van der Waals surface area contributed by atoms with Gasteiger partial charge in [-0.2, -0.15) is 0 Å². The van der Waals surface area contributed by atoms with Gasteiger partial charge in [0.1, 0.15) is 4.90 Å². The number of halogens is 4. The highest BCUT2D eigenvalue weighted by molar-refractivity contribution is 9.10. The molecule has 0 atom stereocenters. The molecule has 3 nitrogen and oxygen atoms in total. The summed E-state index contributed by atoms with van der Waals surface area (Å²) in [5.74, 6) is 0. The molecule has 0 aliphatic heterocycles. The molecule has 0 saturated carbocycles. The number of anilines is 1. The van der Waals surface area contributed by atoms with Crippen LogP contribution in [0.15, 0.2) is 50.2 Å². The first-order valence-electron chi connectivity index (χ1n) is 5.22. The lowest BCUT2D eigenvalue weighted by atomic mass is 10.3. The van der Waals surface area contributed by atoms with Crippen molar-refractivity contribution in [2.75, 3.05) is 4.72 Å². The third-order valence-electron chi connectivity index (χ3n) is 2.36. The summed E-state index contributed by atoms with van der Waals surface area (Å²) in [5, 5.41) is 0.544. The third kappa shape index (κ3) is 3.68.